The van der Waals surface area contributed by atoms with Gasteiger partial charge < -0.3 is 4.52 Å². The molecule has 0 aromatic heterocycles. The fourth-order valence-electron chi connectivity index (χ4n) is 3.92. The molecule has 2 fully saturated rings. The average molecular weight is 373 g/mol. The third-order valence-corrected chi connectivity index (χ3v) is 10.00. The van der Waals surface area contributed by atoms with Gasteiger partial charge in [-0.3, -0.25) is 0 Å². The maximum atomic E-state index is 6.64. The number of benzene rings is 1. The number of likely N-dealkylation sites (N-methyl/N-ethyl adjacent to an activating group) is 2. The van der Waals surface area contributed by atoms with E-state index in [2.05, 4.69) is 47.7 Å². The Morgan fingerprint density at radius 1 is 1.17 bits per heavy atom. The lowest BCUT2D eigenvalue weighted by atomic mass is 9.91. The first-order valence-corrected chi connectivity index (χ1v) is 11.6. The zero-order valence-electron chi connectivity index (χ0n) is 13.9. The molecule has 1 aliphatic heterocycles. The SMILES string of the molecule is CN1[C@@H]2CCCC[C@H]2N(C)P1(=S)O[C@@H](CCCl)c1ccccc1. The molecule has 1 saturated carbocycles. The number of fused-ring (bicyclic) bond motifs is 1. The highest BCUT2D eigenvalue weighted by atomic mass is 35.5. The van der Waals surface area contributed by atoms with Gasteiger partial charge in [-0.25, -0.2) is 9.34 Å². The van der Waals surface area contributed by atoms with Crippen molar-refractivity contribution in [2.24, 2.45) is 0 Å². The van der Waals surface area contributed by atoms with E-state index in [0.717, 1.165) is 6.42 Å². The van der Waals surface area contributed by atoms with Gasteiger partial charge in [-0.2, -0.15) is 0 Å². The van der Waals surface area contributed by atoms with Gasteiger partial charge in [-0.1, -0.05) is 43.2 Å². The van der Waals surface area contributed by atoms with E-state index in [1.54, 1.807) is 0 Å². The topological polar surface area (TPSA) is 15.7 Å². The molecule has 6 heteroatoms. The molecule has 1 heterocycles. The van der Waals surface area contributed by atoms with Crippen molar-refractivity contribution >= 4 is 30.0 Å². The van der Waals surface area contributed by atoms with Crippen molar-refractivity contribution in [1.29, 1.82) is 0 Å². The largest absolute Gasteiger partial charge is 0.318 e. The van der Waals surface area contributed by atoms with Crippen molar-refractivity contribution in [2.75, 3.05) is 20.0 Å². The van der Waals surface area contributed by atoms with Crippen molar-refractivity contribution in [3.8, 4) is 0 Å². The van der Waals surface area contributed by atoms with Gasteiger partial charge in [0, 0.05) is 18.0 Å². The quantitative estimate of drug-likeness (QED) is 0.545. The zero-order valence-corrected chi connectivity index (χ0v) is 16.4. The first kappa shape index (κ1) is 17.8. The number of rotatable bonds is 5. The van der Waals surface area contributed by atoms with Crippen LogP contribution in [0, 0.1) is 0 Å². The second-order valence-electron chi connectivity index (χ2n) is 6.54. The van der Waals surface area contributed by atoms with Crippen LogP contribution in [-0.4, -0.2) is 41.4 Å². The predicted octanol–water partition coefficient (Wildman–Crippen LogP) is 4.79. The summed E-state index contributed by atoms with van der Waals surface area (Å²) in [6.07, 6.45) is 5.85. The Morgan fingerprint density at radius 2 is 1.74 bits per heavy atom. The molecule has 3 atom stereocenters. The van der Waals surface area contributed by atoms with Gasteiger partial charge in [0.15, 0.2) is 0 Å². The van der Waals surface area contributed by atoms with Crippen molar-refractivity contribution in [2.45, 2.75) is 50.3 Å². The van der Waals surface area contributed by atoms with Crippen LogP contribution in [0.25, 0.3) is 0 Å². The van der Waals surface area contributed by atoms with E-state index in [-0.39, 0.29) is 6.10 Å². The van der Waals surface area contributed by atoms with E-state index in [0.29, 0.717) is 18.0 Å². The van der Waals surface area contributed by atoms with Crippen molar-refractivity contribution in [3.63, 3.8) is 0 Å². The summed E-state index contributed by atoms with van der Waals surface area (Å²) in [6, 6.07) is 11.5. The molecule has 23 heavy (non-hydrogen) atoms. The Kier molecular flexibility index (Phi) is 5.83. The number of alkyl halides is 1. The van der Waals surface area contributed by atoms with Gasteiger partial charge in [-0.05, 0) is 50.7 Å². The third kappa shape index (κ3) is 3.40. The summed E-state index contributed by atoms with van der Waals surface area (Å²) in [6.45, 7) is -2.17. The van der Waals surface area contributed by atoms with Crippen LogP contribution in [-0.2, 0) is 16.3 Å². The van der Waals surface area contributed by atoms with Crippen LogP contribution in [0.3, 0.4) is 0 Å². The molecule has 3 nitrogen and oxygen atoms in total. The molecule has 1 aliphatic carbocycles. The number of nitrogens with zero attached hydrogens (tertiary/aromatic N) is 2. The Bertz CT molecular complexity index is 551. The molecule has 0 unspecified atom stereocenters. The summed E-state index contributed by atoms with van der Waals surface area (Å²) in [4.78, 5) is 0. The van der Waals surface area contributed by atoms with Gasteiger partial charge in [0.2, 0.25) is 6.57 Å². The molecule has 1 aromatic carbocycles. The van der Waals surface area contributed by atoms with Crippen molar-refractivity contribution in [3.05, 3.63) is 35.9 Å². The summed E-state index contributed by atoms with van der Waals surface area (Å²) < 4.78 is 11.4. The van der Waals surface area contributed by atoms with Crippen LogP contribution in [0.5, 0.6) is 0 Å². The molecule has 1 saturated heterocycles. The molecule has 128 valence electrons. The molecule has 2 aliphatic rings. The Morgan fingerprint density at radius 3 is 2.26 bits per heavy atom. The molecular weight excluding hydrogens is 347 g/mol. The van der Waals surface area contributed by atoms with Crippen LogP contribution in [0.2, 0.25) is 0 Å². The first-order chi connectivity index (χ1) is 11.1. The average Bonchev–Trinajstić information content (AvgIpc) is 2.78. The summed E-state index contributed by atoms with van der Waals surface area (Å²) in [5.41, 5.74) is 1.18. The summed E-state index contributed by atoms with van der Waals surface area (Å²) in [7, 11) is 4.33. The van der Waals surface area contributed by atoms with Crippen molar-refractivity contribution < 1.29 is 4.52 Å². The third-order valence-electron chi connectivity index (χ3n) is 5.26. The van der Waals surface area contributed by atoms with Gasteiger partial charge >= 0.3 is 0 Å². The highest BCUT2D eigenvalue weighted by Gasteiger charge is 2.50. The summed E-state index contributed by atoms with van der Waals surface area (Å²) in [5.74, 6) is 0.579. The molecular formula is C17H26ClN2OPS. The highest BCUT2D eigenvalue weighted by molar-refractivity contribution is 8.10. The molecule has 3 rings (SSSR count). The van der Waals surface area contributed by atoms with Crippen LogP contribution in [0.15, 0.2) is 30.3 Å². The molecule has 0 amide bonds. The number of hydrogen-bond acceptors (Lipinski definition) is 2. The lowest BCUT2D eigenvalue weighted by Crippen LogP contribution is -2.37. The standard InChI is InChI=1S/C17H26ClN2OPS/c1-19-15-10-6-7-11-16(15)20(2)22(19,23)21-17(12-13-18)14-8-4-3-5-9-14/h3-5,8-9,15-17H,6-7,10-13H2,1-2H3/t15-,16-,17+/m1/s1. The lowest BCUT2D eigenvalue weighted by molar-refractivity contribution is 0.198. The Labute approximate surface area is 150 Å². The Hall–Kier alpha value is 0.0400. The van der Waals surface area contributed by atoms with Gasteiger partial charge in [-0.15, -0.1) is 11.6 Å². The van der Waals surface area contributed by atoms with Crippen LogP contribution in [0.1, 0.15) is 43.8 Å². The number of halogens is 1. The fourth-order valence-corrected chi connectivity index (χ4v) is 7.75. The predicted molar refractivity (Wildman–Crippen MR) is 101 cm³/mol. The van der Waals surface area contributed by atoms with Gasteiger partial charge in [0.25, 0.3) is 0 Å². The normalized spacial score (nSPS) is 29.3. The van der Waals surface area contributed by atoms with Crippen molar-refractivity contribution in [1.82, 2.24) is 9.34 Å². The Balaban J connectivity index is 1.85. The maximum Gasteiger partial charge on any atom is 0.204 e. The molecule has 0 radical (unpaired) electrons. The molecule has 1 aromatic rings. The molecule has 0 spiro atoms. The minimum Gasteiger partial charge on any atom is -0.318 e. The van der Waals surface area contributed by atoms with E-state index in [4.69, 9.17) is 27.9 Å². The van der Waals surface area contributed by atoms with Crippen LogP contribution < -0.4 is 0 Å². The minimum atomic E-state index is -2.17. The van der Waals surface area contributed by atoms with E-state index >= 15 is 0 Å². The fraction of sp³-hybridized carbons (Fsp3) is 0.647. The smallest absolute Gasteiger partial charge is 0.204 e. The van der Waals surface area contributed by atoms with Crippen LogP contribution in [0.4, 0.5) is 0 Å². The summed E-state index contributed by atoms with van der Waals surface area (Å²) in [5, 5.41) is 0. The van der Waals surface area contributed by atoms with Gasteiger partial charge in [0.05, 0.1) is 6.10 Å². The monoisotopic (exact) mass is 372 g/mol. The zero-order chi connectivity index (χ0) is 16.4. The molecule has 0 N–H and O–H groups in total. The summed E-state index contributed by atoms with van der Waals surface area (Å²) >= 11 is 12.2. The lowest BCUT2D eigenvalue weighted by Gasteiger charge is -2.34. The van der Waals surface area contributed by atoms with E-state index < -0.39 is 6.57 Å². The maximum absolute atomic E-state index is 6.64. The minimum absolute atomic E-state index is 0.0235. The van der Waals surface area contributed by atoms with E-state index in [1.807, 2.05) is 6.07 Å². The second kappa shape index (κ2) is 7.51. The van der Waals surface area contributed by atoms with E-state index in [9.17, 15) is 0 Å². The number of hydrogen-bond donors (Lipinski definition) is 0. The second-order valence-corrected chi connectivity index (χ2v) is 10.8. The van der Waals surface area contributed by atoms with E-state index in [1.165, 1.54) is 31.2 Å². The first-order valence-electron chi connectivity index (χ1n) is 8.44. The van der Waals surface area contributed by atoms with Crippen LogP contribution >= 0.6 is 18.2 Å². The highest BCUT2D eigenvalue weighted by Crippen LogP contribution is 2.65. The molecule has 0 bridgehead atoms. The van der Waals surface area contributed by atoms with Gasteiger partial charge in [0.1, 0.15) is 0 Å².